The number of hydrogen-bond acceptors (Lipinski definition) is 1. The average molecular weight is 174 g/mol. The fourth-order valence-corrected chi connectivity index (χ4v) is 2.20. The predicted octanol–water partition coefficient (Wildman–Crippen LogP) is 1.95. The van der Waals surface area contributed by atoms with E-state index in [4.69, 9.17) is 4.55 Å². The molecule has 64 valence electrons. The van der Waals surface area contributed by atoms with Gasteiger partial charge < -0.3 is 4.55 Å². The average Bonchev–Trinajstić information content (AvgIpc) is 2.05. The van der Waals surface area contributed by atoms with Gasteiger partial charge in [-0.1, -0.05) is 6.08 Å². The summed E-state index contributed by atoms with van der Waals surface area (Å²) in [7, 11) is 0. The van der Waals surface area contributed by atoms with Gasteiger partial charge in [-0.3, -0.25) is 0 Å². The molecule has 3 heteroatoms. The number of hydrogen-bond donors (Lipinski definition) is 1. The molecule has 1 rings (SSSR count). The van der Waals surface area contributed by atoms with E-state index >= 15 is 0 Å². The van der Waals surface area contributed by atoms with Crippen molar-refractivity contribution in [1.82, 2.24) is 0 Å². The van der Waals surface area contributed by atoms with Crippen molar-refractivity contribution in [2.75, 3.05) is 0 Å². The summed E-state index contributed by atoms with van der Waals surface area (Å²) in [6.07, 6.45) is 5.76. The van der Waals surface area contributed by atoms with E-state index in [0.717, 1.165) is 25.7 Å². The van der Waals surface area contributed by atoms with Gasteiger partial charge in [0.05, 0.1) is 5.25 Å². The van der Waals surface area contributed by atoms with Crippen LogP contribution in [-0.4, -0.2) is 14.0 Å². The van der Waals surface area contributed by atoms with Gasteiger partial charge in [0, 0.05) is 0 Å². The zero-order chi connectivity index (χ0) is 8.27. The maximum atomic E-state index is 10.6. The zero-order valence-corrected chi connectivity index (χ0v) is 7.35. The highest BCUT2D eigenvalue weighted by Gasteiger charge is 2.22. The second kappa shape index (κ2) is 4.02. The molecule has 1 N–H and O–H groups in total. The first-order chi connectivity index (χ1) is 5.24. The Kier molecular flexibility index (Phi) is 3.27. The van der Waals surface area contributed by atoms with Crippen LogP contribution in [0.4, 0.5) is 0 Å². The summed E-state index contributed by atoms with van der Waals surface area (Å²) >= 11 is -1.60. The van der Waals surface area contributed by atoms with E-state index in [0.29, 0.717) is 5.92 Å². The molecule has 0 radical (unpaired) electrons. The highest BCUT2D eigenvalue weighted by Crippen LogP contribution is 2.27. The zero-order valence-electron chi connectivity index (χ0n) is 6.53. The SMILES string of the molecule is C=CC1CCC(S(=O)O)CC1. The number of allylic oxidation sites excluding steroid dienone is 1. The van der Waals surface area contributed by atoms with Crippen molar-refractivity contribution in [3.8, 4) is 0 Å². The van der Waals surface area contributed by atoms with Gasteiger partial charge in [0.2, 0.25) is 0 Å². The molecule has 1 unspecified atom stereocenters. The fourth-order valence-electron chi connectivity index (χ4n) is 1.53. The van der Waals surface area contributed by atoms with Crippen molar-refractivity contribution in [3.05, 3.63) is 12.7 Å². The van der Waals surface area contributed by atoms with Crippen LogP contribution in [0.1, 0.15) is 25.7 Å². The van der Waals surface area contributed by atoms with Crippen molar-refractivity contribution in [1.29, 1.82) is 0 Å². The molecule has 0 aromatic heterocycles. The van der Waals surface area contributed by atoms with E-state index in [-0.39, 0.29) is 5.25 Å². The molecule has 1 saturated carbocycles. The normalized spacial score (nSPS) is 34.6. The molecule has 1 aliphatic carbocycles. The molecule has 0 bridgehead atoms. The molecule has 0 amide bonds. The Balaban J connectivity index is 2.35. The lowest BCUT2D eigenvalue weighted by atomic mass is 9.89. The Morgan fingerprint density at radius 2 is 1.91 bits per heavy atom. The molecule has 0 aliphatic heterocycles. The second-order valence-electron chi connectivity index (χ2n) is 3.05. The van der Waals surface area contributed by atoms with E-state index in [1.807, 2.05) is 6.08 Å². The third kappa shape index (κ3) is 2.42. The minimum atomic E-state index is -1.60. The highest BCUT2D eigenvalue weighted by molar-refractivity contribution is 7.79. The summed E-state index contributed by atoms with van der Waals surface area (Å²) in [6, 6.07) is 0. The molecule has 0 spiro atoms. The minimum Gasteiger partial charge on any atom is -0.306 e. The third-order valence-electron chi connectivity index (χ3n) is 2.34. The molecule has 2 nitrogen and oxygen atoms in total. The van der Waals surface area contributed by atoms with Gasteiger partial charge in [-0.05, 0) is 31.6 Å². The smallest absolute Gasteiger partial charge is 0.155 e. The van der Waals surface area contributed by atoms with Gasteiger partial charge in [-0.15, -0.1) is 6.58 Å². The topological polar surface area (TPSA) is 37.3 Å². The van der Waals surface area contributed by atoms with Crippen LogP contribution in [0.25, 0.3) is 0 Å². The lowest BCUT2D eigenvalue weighted by Gasteiger charge is -2.23. The quantitative estimate of drug-likeness (QED) is 0.513. The minimum absolute atomic E-state index is 0.0196. The molecular weight excluding hydrogens is 160 g/mol. The Morgan fingerprint density at radius 3 is 2.27 bits per heavy atom. The van der Waals surface area contributed by atoms with Crippen molar-refractivity contribution in [3.63, 3.8) is 0 Å². The summed E-state index contributed by atoms with van der Waals surface area (Å²) in [4.78, 5) is 0. The van der Waals surface area contributed by atoms with Gasteiger partial charge in [0.25, 0.3) is 0 Å². The first-order valence-electron chi connectivity index (χ1n) is 3.96. The first-order valence-corrected chi connectivity index (χ1v) is 5.13. The molecule has 0 saturated heterocycles. The van der Waals surface area contributed by atoms with Crippen molar-refractivity contribution in [2.24, 2.45) is 5.92 Å². The molecule has 1 aliphatic rings. The summed E-state index contributed by atoms with van der Waals surface area (Å²) in [5.41, 5.74) is 0. The molecule has 1 atom stereocenters. The van der Waals surface area contributed by atoms with E-state index in [9.17, 15) is 4.21 Å². The van der Waals surface area contributed by atoms with Crippen LogP contribution in [0.2, 0.25) is 0 Å². The van der Waals surface area contributed by atoms with Crippen LogP contribution in [-0.2, 0) is 11.1 Å². The predicted molar refractivity (Wildman–Crippen MR) is 46.7 cm³/mol. The van der Waals surface area contributed by atoms with Gasteiger partial charge in [0.1, 0.15) is 0 Å². The Labute approximate surface area is 70.0 Å². The lowest BCUT2D eigenvalue weighted by molar-refractivity contribution is 0.409. The van der Waals surface area contributed by atoms with Crippen LogP contribution in [0.5, 0.6) is 0 Å². The maximum Gasteiger partial charge on any atom is 0.155 e. The summed E-state index contributed by atoms with van der Waals surface area (Å²) < 4.78 is 19.4. The number of rotatable bonds is 2. The molecule has 11 heavy (non-hydrogen) atoms. The van der Waals surface area contributed by atoms with E-state index in [2.05, 4.69) is 6.58 Å². The van der Waals surface area contributed by atoms with E-state index in [1.165, 1.54) is 0 Å². The fraction of sp³-hybridized carbons (Fsp3) is 0.750. The van der Waals surface area contributed by atoms with Crippen molar-refractivity contribution >= 4 is 11.1 Å². The van der Waals surface area contributed by atoms with Crippen LogP contribution in [0.15, 0.2) is 12.7 Å². The molecular formula is C8H14O2S. The molecule has 0 aromatic rings. The van der Waals surface area contributed by atoms with Gasteiger partial charge in [0.15, 0.2) is 11.1 Å². The monoisotopic (exact) mass is 174 g/mol. The molecule has 0 aromatic carbocycles. The Morgan fingerprint density at radius 1 is 1.36 bits per heavy atom. The molecule has 1 fully saturated rings. The molecule has 0 heterocycles. The lowest BCUT2D eigenvalue weighted by Crippen LogP contribution is -2.21. The standard InChI is InChI=1S/C8H14O2S/c1-2-7-3-5-8(6-4-7)11(9)10/h2,7-8H,1,3-6H2,(H,9,10). The third-order valence-corrected chi connectivity index (χ3v) is 3.38. The van der Waals surface area contributed by atoms with Gasteiger partial charge in [-0.2, -0.15) is 0 Å². The first kappa shape index (κ1) is 8.94. The Bertz CT molecular complexity index is 159. The van der Waals surface area contributed by atoms with Crippen LogP contribution in [0.3, 0.4) is 0 Å². The van der Waals surface area contributed by atoms with Crippen molar-refractivity contribution < 1.29 is 8.76 Å². The van der Waals surface area contributed by atoms with Gasteiger partial charge >= 0.3 is 0 Å². The van der Waals surface area contributed by atoms with E-state index < -0.39 is 11.1 Å². The largest absolute Gasteiger partial charge is 0.306 e. The van der Waals surface area contributed by atoms with Crippen molar-refractivity contribution in [2.45, 2.75) is 30.9 Å². The highest BCUT2D eigenvalue weighted by atomic mass is 32.2. The summed E-state index contributed by atoms with van der Waals surface area (Å²) in [6.45, 7) is 3.72. The summed E-state index contributed by atoms with van der Waals surface area (Å²) in [5.74, 6) is 0.579. The van der Waals surface area contributed by atoms with E-state index in [1.54, 1.807) is 0 Å². The van der Waals surface area contributed by atoms with Crippen LogP contribution in [0, 0.1) is 5.92 Å². The van der Waals surface area contributed by atoms with Crippen LogP contribution < -0.4 is 0 Å². The summed E-state index contributed by atoms with van der Waals surface area (Å²) in [5, 5.41) is 0.0196. The Hall–Kier alpha value is -0.150. The van der Waals surface area contributed by atoms with Gasteiger partial charge in [-0.25, -0.2) is 4.21 Å². The van der Waals surface area contributed by atoms with Crippen LogP contribution >= 0.6 is 0 Å². The maximum absolute atomic E-state index is 10.6. The second-order valence-corrected chi connectivity index (χ2v) is 4.27.